The molecule has 8 nitrogen and oxygen atoms in total. The number of amides is 1. The van der Waals surface area contributed by atoms with Crippen molar-refractivity contribution in [3.05, 3.63) is 53.6 Å². The Hall–Kier alpha value is -2.78. The standard InChI is InChI=1S/C24H33N3O5S/c1-18(27(33(4,29)30)21-11-12-22(31-2)23(15-21)32-3)24(28)25-16-19-7-9-20(10-8-19)17-26-13-5-6-14-26/h7-12,15,18H,5-6,13-14,16-17H2,1-4H3,(H,25,28). The number of likely N-dealkylation sites (tertiary alicyclic amines) is 1. The minimum absolute atomic E-state index is 0.316. The Morgan fingerprint density at radius 2 is 1.64 bits per heavy atom. The summed E-state index contributed by atoms with van der Waals surface area (Å²) in [5, 5.41) is 2.85. The first-order valence-corrected chi connectivity index (χ1v) is 12.9. The Morgan fingerprint density at radius 1 is 1.03 bits per heavy atom. The molecular formula is C24H33N3O5S. The molecule has 180 valence electrons. The summed E-state index contributed by atoms with van der Waals surface area (Å²) in [5.74, 6) is 0.460. The monoisotopic (exact) mass is 475 g/mol. The lowest BCUT2D eigenvalue weighted by atomic mass is 10.1. The van der Waals surface area contributed by atoms with Crippen LogP contribution >= 0.6 is 0 Å². The van der Waals surface area contributed by atoms with Gasteiger partial charge in [-0.1, -0.05) is 24.3 Å². The molecule has 1 N–H and O–H groups in total. The number of methoxy groups -OCH3 is 2. The fourth-order valence-electron chi connectivity index (χ4n) is 4.07. The lowest BCUT2D eigenvalue weighted by Crippen LogP contribution is -2.47. The summed E-state index contributed by atoms with van der Waals surface area (Å²) in [6, 6.07) is 11.9. The van der Waals surface area contributed by atoms with Crippen LogP contribution in [0.3, 0.4) is 0 Å². The predicted octanol–water partition coefficient (Wildman–Crippen LogP) is 2.77. The maximum atomic E-state index is 12.9. The first kappa shape index (κ1) is 24.9. The van der Waals surface area contributed by atoms with Crippen LogP contribution in [0.15, 0.2) is 42.5 Å². The molecule has 9 heteroatoms. The molecule has 1 aliphatic heterocycles. The molecule has 1 fully saturated rings. The fraction of sp³-hybridized carbons (Fsp3) is 0.458. The largest absolute Gasteiger partial charge is 0.493 e. The van der Waals surface area contributed by atoms with Gasteiger partial charge in [0.05, 0.1) is 26.2 Å². The summed E-state index contributed by atoms with van der Waals surface area (Å²) in [7, 11) is -0.763. The van der Waals surface area contributed by atoms with Crippen molar-refractivity contribution in [2.24, 2.45) is 0 Å². The maximum Gasteiger partial charge on any atom is 0.243 e. The highest BCUT2D eigenvalue weighted by Gasteiger charge is 2.29. The molecule has 0 aliphatic carbocycles. The third kappa shape index (κ3) is 6.39. The van der Waals surface area contributed by atoms with E-state index in [1.807, 2.05) is 12.1 Å². The molecule has 0 spiro atoms. The zero-order chi connectivity index (χ0) is 24.0. The van der Waals surface area contributed by atoms with E-state index < -0.39 is 22.0 Å². The quantitative estimate of drug-likeness (QED) is 0.569. The van der Waals surface area contributed by atoms with Gasteiger partial charge in [0.1, 0.15) is 6.04 Å². The number of benzene rings is 2. The number of ether oxygens (including phenoxy) is 2. The van der Waals surface area contributed by atoms with Crippen LogP contribution in [0.2, 0.25) is 0 Å². The van der Waals surface area contributed by atoms with E-state index in [4.69, 9.17) is 9.47 Å². The van der Waals surface area contributed by atoms with Gasteiger partial charge < -0.3 is 14.8 Å². The summed E-state index contributed by atoms with van der Waals surface area (Å²) in [6.45, 7) is 5.11. The van der Waals surface area contributed by atoms with Crippen LogP contribution in [-0.4, -0.2) is 58.8 Å². The molecule has 1 atom stereocenters. The summed E-state index contributed by atoms with van der Waals surface area (Å²) in [5.41, 5.74) is 2.53. The van der Waals surface area contributed by atoms with E-state index in [1.165, 1.54) is 32.6 Å². The van der Waals surface area contributed by atoms with Gasteiger partial charge in [0, 0.05) is 19.2 Å². The van der Waals surface area contributed by atoms with Gasteiger partial charge in [-0.05, 0) is 56.1 Å². The Labute approximate surface area is 196 Å². The third-order valence-corrected chi connectivity index (χ3v) is 7.05. The van der Waals surface area contributed by atoms with Crippen molar-refractivity contribution in [3.63, 3.8) is 0 Å². The summed E-state index contributed by atoms with van der Waals surface area (Å²) in [4.78, 5) is 15.3. The number of sulfonamides is 1. The molecule has 33 heavy (non-hydrogen) atoms. The SMILES string of the molecule is COc1ccc(N(C(C)C(=O)NCc2ccc(CN3CCCC3)cc2)S(C)(=O)=O)cc1OC. The Balaban J connectivity index is 1.67. The molecular weight excluding hydrogens is 442 g/mol. The molecule has 0 saturated carbocycles. The number of rotatable bonds is 10. The number of hydrogen-bond acceptors (Lipinski definition) is 6. The van der Waals surface area contributed by atoms with Crippen molar-refractivity contribution < 1.29 is 22.7 Å². The lowest BCUT2D eigenvalue weighted by molar-refractivity contribution is -0.122. The molecule has 1 saturated heterocycles. The van der Waals surface area contributed by atoms with Gasteiger partial charge in [-0.15, -0.1) is 0 Å². The van der Waals surface area contributed by atoms with Crippen LogP contribution < -0.4 is 19.1 Å². The van der Waals surface area contributed by atoms with Gasteiger partial charge in [0.25, 0.3) is 0 Å². The topological polar surface area (TPSA) is 88.2 Å². The fourth-order valence-corrected chi connectivity index (χ4v) is 5.24. The zero-order valence-electron chi connectivity index (χ0n) is 19.7. The van der Waals surface area contributed by atoms with Crippen LogP contribution in [0.1, 0.15) is 30.9 Å². The number of carbonyl (C=O) groups is 1. The number of anilines is 1. The summed E-state index contributed by atoms with van der Waals surface area (Å²) < 4.78 is 36.7. The van der Waals surface area contributed by atoms with Crippen LogP contribution in [0.25, 0.3) is 0 Å². The molecule has 1 amide bonds. The van der Waals surface area contributed by atoms with Crippen LogP contribution in [-0.2, 0) is 27.9 Å². The second-order valence-corrected chi connectivity index (χ2v) is 10.2. The van der Waals surface area contributed by atoms with Gasteiger partial charge in [-0.2, -0.15) is 0 Å². The van der Waals surface area contributed by atoms with Gasteiger partial charge in [0.15, 0.2) is 11.5 Å². The summed E-state index contributed by atoms with van der Waals surface area (Å²) in [6.07, 6.45) is 3.60. The van der Waals surface area contributed by atoms with Crippen molar-refractivity contribution in [1.29, 1.82) is 0 Å². The Morgan fingerprint density at radius 3 is 2.21 bits per heavy atom. The van der Waals surface area contributed by atoms with Gasteiger partial charge in [-0.3, -0.25) is 14.0 Å². The van der Waals surface area contributed by atoms with Crippen molar-refractivity contribution in [2.45, 2.75) is 38.9 Å². The number of carbonyl (C=O) groups excluding carboxylic acids is 1. The van der Waals surface area contributed by atoms with Gasteiger partial charge >= 0.3 is 0 Å². The smallest absolute Gasteiger partial charge is 0.243 e. The van der Waals surface area contributed by atoms with E-state index in [2.05, 4.69) is 22.3 Å². The van der Waals surface area contributed by atoms with Gasteiger partial charge in [-0.25, -0.2) is 8.42 Å². The molecule has 2 aromatic carbocycles. The average Bonchev–Trinajstić information content (AvgIpc) is 3.30. The predicted molar refractivity (Wildman–Crippen MR) is 129 cm³/mol. The second kappa shape index (κ2) is 10.9. The highest BCUT2D eigenvalue weighted by Crippen LogP contribution is 2.33. The molecule has 0 radical (unpaired) electrons. The molecule has 1 aliphatic rings. The Kier molecular flexibility index (Phi) is 8.20. The minimum Gasteiger partial charge on any atom is -0.493 e. The summed E-state index contributed by atoms with van der Waals surface area (Å²) >= 11 is 0. The molecule has 1 unspecified atom stereocenters. The zero-order valence-corrected chi connectivity index (χ0v) is 20.5. The Bertz CT molecular complexity index is 1050. The van der Waals surface area contributed by atoms with Crippen molar-refractivity contribution in [1.82, 2.24) is 10.2 Å². The van der Waals surface area contributed by atoms with E-state index in [9.17, 15) is 13.2 Å². The molecule has 1 heterocycles. The normalized spacial score (nSPS) is 15.2. The first-order chi connectivity index (χ1) is 15.7. The van der Waals surface area contributed by atoms with Crippen LogP contribution in [0.4, 0.5) is 5.69 Å². The van der Waals surface area contributed by atoms with E-state index in [1.54, 1.807) is 25.1 Å². The highest BCUT2D eigenvalue weighted by atomic mass is 32.2. The van der Waals surface area contributed by atoms with Crippen LogP contribution in [0, 0.1) is 0 Å². The van der Waals surface area contributed by atoms with Crippen molar-refractivity contribution >= 4 is 21.6 Å². The van der Waals surface area contributed by atoms with E-state index in [0.29, 0.717) is 23.7 Å². The highest BCUT2D eigenvalue weighted by molar-refractivity contribution is 7.92. The minimum atomic E-state index is -3.74. The second-order valence-electron chi connectivity index (χ2n) is 8.29. The first-order valence-electron chi connectivity index (χ1n) is 11.0. The van der Waals surface area contributed by atoms with Crippen LogP contribution in [0.5, 0.6) is 11.5 Å². The number of nitrogens with one attached hydrogen (secondary N) is 1. The number of nitrogens with zero attached hydrogens (tertiary/aromatic N) is 2. The number of hydrogen-bond donors (Lipinski definition) is 1. The van der Waals surface area contributed by atoms with E-state index >= 15 is 0 Å². The molecule has 0 bridgehead atoms. The van der Waals surface area contributed by atoms with Crippen molar-refractivity contribution in [2.75, 3.05) is 37.9 Å². The molecule has 0 aromatic heterocycles. The maximum absolute atomic E-state index is 12.9. The van der Waals surface area contributed by atoms with Gasteiger partial charge in [0.2, 0.25) is 15.9 Å². The molecule has 2 aromatic rings. The third-order valence-electron chi connectivity index (χ3n) is 5.80. The average molecular weight is 476 g/mol. The lowest BCUT2D eigenvalue weighted by Gasteiger charge is -2.28. The van der Waals surface area contributed by atoms with E-state index in [-0.39, 0.29) is 0 Å². The van der Waals surface area contributed by atoms with E-state index in [0.717, 1.165) is 35.8 Å². The van der Waals surface area contributed by atoms with Crippen molar-refractivity contribution in [3.8, 4) is 11.5 Å². The molecule has 3 rings (SSSR count).